The Kier molecular flexibility index (Phi) is 4.03. The van der Waals surface area contributed by atoms with Gasteiger partial charge in [0.1, 0.15) is 5.82 Å². The average molecular weight is 293 g/mol. The quantitative estimate of drug-likeness (QED) is 0.940. The molecule has 21 heavy (non-hydrogen) atoms. The Morgan fingerprint density at radius 3 is 2.90 bits per heavy atom. The van der Waals surface area contributed by atoms with Gasteiger partial charge in [0, 0.05) is 37.0 Å². The van der Waals surface area contributed by atoms with Crippen molar-refractivity contribution in [3.05, 3.63) is 47.7 Å². The highest BCUT2D eigenvalue weighted by Crippen LogP contribution is 2.30. The molecule has 1 unspecified atom stereocenters. The lowest BCUT2D eigenvalue weighted by atomic mass is 10.1. The van der Waals surface area contributed by atoms with Crippen LogP contribution in [0.2, 0.25) is 0 Å². The summed E-state index contributed by atoms with van der Waals surface area (Å²) in [5.41, 5.74) is 0.252. The van der Waals surface area contributed by atoms with E-state index in [4.69, 9.17) is 9.47 Å². The smallest absolute Gasteiger partial charge is 0.238 e. The van der Waals surface area contributed by atoms with Crippen LogP contribution in [0.15, 0.2) is 30.5 Å². The van der Waals surface area contributed by atoms with Gasteiger partial charge in [-0.15, -0.1) is 5.10 Å². The number of halogens is 2. The van der Waals surface area contributed by atoms with E-state index in [1.807, 2.05) is 0 Å². The molecule has 1 N–H and O–H groups in total. The molecule has 7 heteroatoms. The predicted molar refractivity (Wildman–Crippen MR) is 70.0 cm³/mol. The number of morpholine rings is 1. The number of hydrogen-bond donors (Lipinski definition) is 1. The van der Waals surface area contributed by atoms with E-state index >= 15 is 0 Å². The zero-order chi connectivity index (χ0) is 14.7. The van der Waals surface area contributed by atoms with E-state index in [1.54, 1.807) is 6.07 Å². The molecule has 3 rings (SSSR count). The van der Waals surface area contributed by atoms with Crippen LogP contribution in [-0.4, -0.2) is 29.9 Å². The highest BCUT2D eigenvalue weighted by molar-refractivity contribution is 5.35. The molecule has 1 aromatic heterocycles. The van der Waals surface area contributed by atoms with E-state index < -0.39 is 17.7 Å². The SMILES string of the molecule is Fc1cc(F)c(C2CNCCO2)cc1Oc1cccnn1. The number of nitrogens with zero attached hydrogens (tertiary/aromatic N) is 2. The molecule has 2 heterocycles. The van der Waals surface area contributed by atoms with Gasteiger partial charge in [-0.1, -0.05) is 0 Å². The summed E-state index contributed by atoms with van der Waals surface area (Å²) < 4.78 is 38.5. The predicted octanol–water partition coefficient (Wildman–Crippen LogP) is 2.21. The van der Waals surface area contributed by atoms with E-state index in [9.17, 15) is 8.78 Å². The number of aromatic nitrogens is 2. The molecule has 1 atom stereocenters. The van der Waals surface area contributed by atoms with Gasteiger partial charge in [-0.2, -0.15) is 5.10 Å². The molecule has 1 aliphatic heterocycles. The van der Waals surface area contributed by atoms with Gasteiger partial charge >= 0.3 is 0 Å². The summed E-state index contributed by atoms with van der Waals surface area (Å²) in [6.07, 6.45) is 1.00. The first-order valence-electron chi connectivity index (χ1n) is 6.51. The summed E-state index contributed by atoms with van der Waals surface area (Å²) in [7, 11) is 0. The van der Waals surface area contributed by atoms with Gasteiger partial charge in [0.2, 0.25) is 5.88 Å². The molecule has 110 valence electrons. The molecule has 2 aromatic rings. The minimum atomic E-state index is -0.800. The maximum atomic E-state index is 13.9. The molecular formula is C14H13F2N3O2. The highest BCUT2D eigenvalue weighted by atomic mass is 19.1. The van der Waals surface area contributed by atoms with Crippen molar-refractivity contribution in [2.24, 2.45) is 0 Å². The fraction of sp³-hybridized carbons (Fsp3) is 0.286. The van der Waals surface area contributed by atoms with Crippen LogP contribution in [-0.2, 0) is 4.74 Å². The largest absolute Gasteiger partial charge is 0.434 e. The first-order chi connectivity index (χ1) is 10.2. The van der Waals surface area contributed by atoms with Crippen LogP contribution in [0.3, 0.4) is 0 Å². The molecule has 0 saturated carbocycles. The van der Waals surface area contributed by atoms with Crippen molar-refractivity contribution in [2.75, 3.05) is 19.7 Å². The van der Waals surface area contributed by atoms with Crippen LogP contribution in [0.1, 0.15) is 11.7 Å². The zero-order valence-electron chi connectivity index (χ0n) is 11.1. The lowest BCUT2D eigenvalue weighted by Crippen LogP contribution is -2.33. The number of benzene rings is 1. The van der Waals surface area contributed by atoms with Crippen LogP contribution < -0.4 is 10.1 Å². The first-order valence-corrected chi connectivity index (χ1v) is 6.51. The summed E-state index contributed by atoms with van der Waals surface area (Å²) in [6, 6.07) is 5.24. The first kappa shape index (κ1) is 13.8. The molecule has 1 saturated heterocycles. The van der Waals surface area contributed by atoms with Crippen LogP contribution >= 0.6 is 0 Å². The lowest BCUT2D eigenvalue weighted by Gasteiger charge is -2.24. The van der Waals surface area contributed by atoms with Crippen molar-refractivity contribution in [3.8, 4) is 11.6 Å². The number of ether oxygens (including phenoxy) is 2. The Balaban J connectivity index is 1.89. The fourth-order valence-electron chi connectivity index (χ4n) is 2.09. The van der Waals surface area contributed by atoms with Crippen LogP contribution in [0.25, 0.3) is 0 Å². The Morgan fingerprint density at radius 2 is 2.19 bits per heavy atom. The molecule has 0 bridgehead atoms. The van der Waals surface area contributed by atoms with E-state index in [0.29, 0.717) is 19.7 Å². The van der Waals surface area contributed by atoms with Gasteiger partial charge in [-0.3, -0.25) is 0 Å². The van der Waals surface area contributed by atoms with Gasteiger partial charge in [0.25, 0.3) is 0 Å². The van der Waals surface area contributed by atoms with E-state index in [1.165, 1.54) is 18.3 Å². The zero-order valence-corrected chi connectivity index (χ0v) is 11.1. The van der Waals surface area contributed by atoms with Crippen molar-refractivity contribution in [1.82, 2.24) is 15.5 Å². The number of rotatable bonds is 3. The van der Waals surface area contributed by atoms with Gasteiger partial charge < -0.3 is 14.8 Å². The van der Waals surface area contributed by atoms with Gasteiger partial charge in [0.05, 0.1) is 12.7 Å². The molecular weight excluding hydrogens is 280 g/mol. The normalized spacial score (nSPS) is 18.5. The number of hydrogen-bond acceptors (Lipinski definition) is 5. The monoisotopic (exact) mass is 293 g/mol. The van der Waals surface area contributed by atoms with Crippen LogP contribution in [0, 0.1) is 11.6 Å². The third-order valence-corrected chi connectivity index (χ3v) is 3.09. The maximum absolute atomic E-state index is 13.9. The van der Waals surface area contributed by atoms with Gasteiger partial charge in [-0.25, -0.2) is 8.78 Å². The fourth-order valence-corrected chi connectivity index (χ4v) is 2.09. The van der Waals surface area contributed by atoms with Gasteiger partial charge in [0.15, 0.2) is 11.6 Å². The molecule has 1 aliphatic rings. The Bertz CT molecular complexity index is 619. The highest BCUT2D eigenvalue weighted by Gasteiger charge is 2.22. The van der Waals surface area contributed by atoms with E-state index in [0.717, 1.165) is 6.07 Å². The third kappa shape index (κ3) is 3.14. The topological polar surface area (TPSA) is 56.3 Å². The lowest BCUT2D eigenvalue weighted by molar-refractivity contribution is 0.0253. The summed E-state index contributed by atoms with van der Waals surface area (Å²) in [6.45, 7) is 1.65. The van der Waals surface area contributed by atoms with E-state index in [2.05, 4.69) is 15.5 Å². The molecule has 1 aromatic carbocycles. The van der Waals surface area contributed by atoms with Crippen molar-refractivity contribution in [1.29, 1.82) is 0 Å². The van der Waals surface area contributed by atoms with Crippen LogP contribution in [0.4, 0.5) is 8.78 Å². The second-order valence-electron chi connectivity index (χ2n) is 4.53. The van der Waals surface area contributed by atoms with Crippen molar-refractivity contribution in [2.45, 2.75) is 6.10 Å². The van der Waals surface area contributed by atoms with Crippen molar-refractivity contribution >= 4 is 0 Å². The second-order valence-corrected chi connectivity index (χ2v) is 4.53. The standard InChI is InChI=1S/C14H13F2N3O2/c15-10-7-11(16)12(21-14-2-1-3-18-19-14)6-9(10)13-8-17-4-5-20-13/h1-3,6-7,13,17H,4-5,8H2. The Morgan fingerprint density at radius 1 is 1.29 bits per heavy atom. The molecule has 0 radical (unpaired) electrons. The molecule has 1 fully saturated rings. The molecule has 5 nitrogen and oxygen atoms in total. The average Bonchev–Trinajstić information content (AvgIpc) is 2.52. The Hall–Kier alpha value is -2.12. The van der Waals surface area contributed by atoms with Crippen molar-refractivity contribution < 1.29 is 18.3 Å². The number of nitrogens with one attached hydrogen (secondary N) is 1. The minimum Gasteiger partial charge on any atom is -0.434 e. The molecule has 0 aliphatic carbocycles. The van der Waals surface area contributed by atoms with Crippen LogP contribution in [0.5, 0.6) is 11.6 Å². The maximum Gasteiger partial charge on any atom is 0.238 e. The molecule has 0 amide bonds. The summed E-state index contributed by atoms with van der Waals surface area (Å²) >= 11 is 0. The minimum absolute atomic E-state index is 0.110. The summed E-state index contributed by atoms with van der Waals surface area (Å²) in [5.74, 6) is -1.43. The summed E-state index contributed by atoms with van der Waals surface area (Å²) in [4.78, 5) is 0. The third-order valence-electron chi connectivity index (χ3n) is 3.09. The van der Waals surface area contributed by atoms with E-state index in [-0.39, 0.29) is 17.2 Å². The van der Waals surface area contributed by atoms with Gasteiger partial charge in [-0.05, 0) is 12.1 Å². The molecule has 0 spiro atoms. The van der Waals surface area contributed by atoms with Crippen molar-refractivity contribution in [3.63, 3.8) is 0 Å². The Labute approximate surface area is 119 Å². The summed E-state index contributed by atoms with van der Waals surface area (Å²) in [5, 5.41) is 10.4. The second kappa shape index (κ2) is 6.11.